The lowest BCUT2D eigenvalue weighted by Crippen LogP contribution is -2.56. The molecule has 6 nitrogen and oxygen atoms in total. The van der Waals surface area contributed by atoms with Crippen molar-refractivity contribution in [2.45, 2.75) is 38.5 Å². The lowest BCUT2D eigenvalue weighted by Gasteiger charge is -2.55. The molecule has 1 heterocycles. The van der Waals surface area contributed by atoms with Gasteiger partial charge in [-0.25, -0.2) is 0 Å². The van der Waals surface area contributed by atoms with Crippen LogP contribution in [0.25, 0.3) is 6.08 Å². The Morgan fingerprint density at radius 3 is 2.33 bits per heavy atom. The lowest BCUT2D eigenvalue weighted by molar-refractivity contribution is -0.148. The van der Waals surface area contributed by atoms with Gasteiger partial charge in [0, 0.05) is 6.08 Å². The van der Waals surface area contributed by atoms with Gasteiger partial charge in [0.05, 0.1) is 5.41 Å². The molecule has 2 N–H and O–H groups in total. The zero-order valence-electron chi connectivity index (χ0n) is 15.2. The smallest absolute Gasteiger partial charge is 0.262 e. The molecule has 6 rings (SSSR count). The van der Waals surface area contributed by atoms with Crippen molar-refractivity contribution >= 4 is 17.9 Å². The molecule has 1 aromatic rings. The van der Waals surface area contributed by atoms with Gasteiger partial charge < -0.3 is 9.47 Å². The molecule has 6 heteroatoms. The molecule has 142 valence electrons. The summed E-state index contributed by atoms with van der Waals surface area (Å²) in [5, 5.41) is 0. The van der Waals surface area contributed by atoms with Crippen LogP contribution in [0.5, 0.6) is 11.5 Å². The van der Waals surface area contributed by atoms with E-state index in [1.54, 1.807) is 6.08 Å². The van der Waals surface area contributed by atoms with Crippen molar-refractivity contribution in [3.8, 4) is 11.5 Å². The molecule has 0 atom stereocenters. The van der Waals surface area contributed by atoms with Crippen LogP contribution in [0, 0.1) is 23.2 Å². The van der Waals surface area contributed by atoms with Crippen LogP contribution < -0.4 is 20.3 Å². The number of rotatable bonds is 3. The van der Waals surface area contributed by atoms with Crippen LogP contribution in [0.1, 0.15) is 44.1 Å². The first kappa shape index (κ1) is 16.7. The summed E-state index contributed by atoms with van der Waals surface area (Å²) in [6.07, 6.45) is 9.91. The number of carbonyl (C=O) groups excluding carboxylic acids is 2. The summed E-state index contributed by atoms with van der Waals surface area (Å²) < 4.78 is 10.6. The maximum Gasteiger partial charge on any atom is 0.262 e. The van der Waals surface area contributed by atoms with Gasteiger partial charge in [0.2, 0.25) is 12.7 Å². The van der Waals surface area contributed by atoms with E-state index in [1.807, 2.05) is 18.2 Å². The fourth-order valence-electron chi connectivity index (χ4n) is 5.87. The Kier molecular flexibility index (Phi) is 3.88. The standard InChI is InChI=1S/C21H24N2O4/c24-19(4-2-13-1-3-17-18(8-13)27-12-26-17)22-23-20(25)21-9-14-5-15(10-21)7-16(6-14)11-21/h1-4,8,14-16H,5-7,9-12H2,(H,22,24)(H,23,25)/b4-2+. The normalized spacial score (nSPS) is 32.7. The fourth-order valence-corrected chi connectivity index (χ4v) is 5.87. The van der Waals surface area contributed by atoms with Crippen LogP contribution >= 0.6 is 0 Å². The highest BCUT2D eigenvalue weighted by atomic mass is 16.7. The summed E-state index contributed by atoms with van der Waals surface area (Å²) >= 11 is 0. The molecule has 4 aliphatic carbocycles. The van der Waals surface area contributed by atoms with Crippen molar-refractivity contribution < 1.29 is 19.1 Å². The molecule has 1 aliphatic heterocycles. The largest absolute Gasteiger partial charge is 0.454 e. The predicted octanol–water partition coefficient (Wildman–Crippen LogP) is 2.79. The van der Waals surface area contributed by atoms with Crippen LogP contribution in [0.4, 0.5) is 0 Å². The second-order valence-electron chi connectivity index (χ2n) is 8.59. The first-order valence-corrected chi connectivity index (χ1v) is 9.78. The molecule has 0 unspecified atom stereocenters. The molecule has 0 saturated heterocycles. The molecule has 0 radical (unpaired) electrons. The Morgan fingerprint density at radius 1 is 0.963 bits per heavy atom. The van der Waals surface area contributed by atoms with Gasteiger partial charge in [-0.15, -0.1) is 0 Å². The van der Waals surface area contributed by atoms with Gasteiger partial charge in [-0.05, 0) is 80.1 Å². The van der Waals surface area contributed by atoms with E-state index >= 15 is 0 Å². The Balaban J connectivity index is 1.18. The molecule has 1 aromatic carbocycles. The zero-order chi connectivity index (χ0) is 18.4. The number of hydrogen-bond donors (Lipinski definition) is 2. The Hall–Kier alpha value is -2.50. The van der Waals surface area contributed by atoms with Crippen molar-refractivity contribution in [3.63, 3.8) is 0 Å². The van der Waals surface area contributed by atoms with Gasteiger partial charge in [0.1, 0.15) is 0 Å². The summed E-state index contributed by atoms with van der Waals surface area (Å²) in [5.74, 6) is 3.13. The van der Waals surface area contributed by atoms with Crippen molar-refractivity contribution in [2.24, 2.45) is 23.2 Å². The highest BCUT2D eigenvalue weighted by Crippen LogP contribution is 2.60. The van der Waals surface area contributed by atoms with E-state index < -0.39 is 0 Å². The highest BCUT2D eigenvalue weighted by molar-refractivity contribution is 5.94. The molecule has 5 aliphatic rings. The van der Waals surface area contributed by atoms with E-state index in [-0.39, 0.29) is 24.0 Å². The van der Waals surface area contributed by atoms with E-state index in [0.717, 1.165) is 24.8 Å². The van der Waals surface area contributed by atoms with Crippen LogP contribution in [0.2, 0.25) is 0 Å². The summed E-state index contributed by atoms with van der Waals surface area (Å²) in [6, 6.07) is 5.49. The fraction of sp³-hybridized carbons (Fsp3) is 0.524. The van der Waals surface area contributed by atoms with Crippen LogP contribution in [0.15, 0.2) is 24.3 Å². The van der Waals surface area contributed by atoms with Crippen molar-refractivity contribution in [1.29, 1.82) is 0 Å². The average Bonchev–Trinajstić information content (AvgIpc) is 3.11. The third-order valence-electron chi connectivity index (χ3n) is 6.64. The minimum Gasteiger partial charge on any atom is -0.454 e. The summed E-state index contributed by atoms with van der Waals surface area (Å²) in [7, 11) is 0. The first-order chi connectivity index (χ1) is 13.1. The number of hydrogen-bond acceptors (Lipinski definition) is 4. The van der Waals surface area contributed by atoms with Gasteiger partial charge >= 0.3 is 0 Å². The third-order valence-corrected chi connectivity index (χ3v) is 6.64. The lowest BCUT2D eigenvalue weighted by atomic mass is 9.49. The van der Waals surface area contributed by atoms with Gasteiger partial charge in [0.15, 0.2) is 11.5 Å². The van der Waals surface area contributed by atoms with Gasteiger partial charge in [0.25, 0.3) is 5.91 Å². The quantitative estimate of drug-likeness (QED) is 0.635. The molecule has 4 saturated carbocycles. The van der Waals surface area contributed by atoms with Crippen molar-refractivity contribution in [2.75, 3.05) is 6.79 Å². The number of ether oxygens (including phenoxy) is 2. The maximum atomic E-state index is 12.8. The molecule has 4 bridgehead atoms. The van der Waals surface area contributed by atoms with E-state index in [4.69, 9.17) is 9.47 Å². The molecular formula is C21H24N2O4. The van der Waals surface area contributed by atoms with E-state index in [0.29, 0.717) is 29.3 Å². The number of carbonyl (C=O) groups is 2. The minimum atomic E-state index is -0.342. The first-order valence-electron chi connectivity index (χ1n) is 9.78. The molecule has 27 heavy (non-hydrogen) atoms. The second kappa shape index (κ2) is 6.29. The number of amides is 2. The van der Waals surface area contributed by atoms with Gasteiger partial charge in [-0.1, -0.05) is 6.07 Å². The number of fused-ring (bicyclic) bond motifs is 1. The molecule has 0 spiro atoms. The Bertz CT molecular complexity index is 781. The monoisotopic (exact) mass is 368 g/mol. The molecule has 2 amide bonds. The number of nitrogens with one attached hydrogen (secondary N) is 2. The molecular weight excluding hydrogens is 344 g/mol. The van der Waals surface area contributed by atoms with Crippen LogP contribution in [-0.4, -0.2) is 18.6 Å². The van der Waals surface area contributed by atoms with E-state index in [1.165, 1.54) is 25.3 Å². The third kappa shape index (κ3) is 3.07. The SMILES string of the molecule is O=C(/C=C/c1ccc2c(c1)OCO2)NNC(=O)C12CC3CC(CC(C3)C1)C2. The predicted molar refractivity (Wildman–Crippen MR) is 98.5 cm³/mol. The van der Waals surface area contributed by atoms with E-state index in [9.17, 15) is 9.59 Å². The number of benzene rings is 1. The topological polar surface area (TPSA) is 76.7 Å². The Labute approximate surface area is 158 Å². The summed E-state index contributed by atoms with van der Waals surface area (Å²) in [4.78, 5) is 24.9. The average molecular weight is 368 g/mol. The molecule has 0 aromatic heterocycles. The van der Waals surface area contributed by atoms with Crippen LogP contribution in [-0.2, 0) is 9.59 Å². The zero-order valence-corrected chi connectivity index (χ0v) is 15.2. The Morgan fingerprint density at radius 2 is 1.63 bits per heavy atom. The minimum absolute atomic E-state index is 0.00794. The van der Waals surface area contributed by atoms with Gasteiger partial charge in [-0.3, -0.25) is 20.4 Å². The van der Waals surface area contributed by atoms with Gasteiger partial charge in [-0.2, -0.15) is 0 Å². The maximum absolute atomic E-state index is 12.8. The van der Waals surface area contributed by atoms with E-state index in [2.05, 4.69) is 10.9 Å². The highest BCUT2D eigenvalue weighted by Gasteiger charge is 2.54. The number of hydrazine groups is 1. The second-order valence-corrected chi connectivity index (χ2v) is 8.59. The summed E-state index contributed by atoms with van der Waals surface area (Å²) in [6.45, 7) is 0.222. The van der Waals surface area contributed by atoms with Crippen molar-refractivity contribution in [3.05, 3.63) is 29.8 Å². The van der Waals surface area contributed by atoms with Crippen LogP contribution in [0.3, 0.4) is 0 Å². The molecule has 4 fully saturated rings. The van der Waals surface area contributed by atoms with Crippen molar-refractivity contribution in [1.82, 2.24) is 10.9 Å². The summed E-state index contributed by atoms with van der Waals surface area (Å²) in [5.41, 5.74) is 5.81.